The molecule has 4 nitrogen and oxygen atoms in total. The van der Waals surface area contributed by atoms with Crippen molar-refractivity contribution in [3.63, 3.8) is 0 Å². The number of fused-ring (bicyclic) bond motifs is 1. The van der Waals surface area contributed by atoms with Crippen molar-refractivity contribution >= 4 is 26.0 Å². The van der Waals surface area contributed by atoms with E-state index in [1.54, 1.807) is 12.1 Å². The van der Waals surface area contributed by atoms with Crippen LogP contribution in [0.15, 0.2) is 51.8 Å². The first kappa shape index (κ1) is 16.6. The average Bonchev–Trinajstić information content (AvgIpc) is 2.69. The maximum atomic E-state index is 12.9. The van der Waals surface area contributed by atoms with E-state index in [1.807, 2.05) is 37.3 Å². The highest BCUT2D eigenvalue weighted by Gasteiger charge is 2.30. The fourth-order valence-electron chi connectivity index (χ4n) is 2.91. The lowest BCUT2D eigenvalue weighted by atomic mass is 10.0. The predicted octanol–water partition coefficient (Wildman–Crippen LogP) is 3.00. The van der Waals surface area contributed by atoms with E-state index >= 15 is 0 Å². The van der Waals surface area contributed by atoms with Crippen LogP contribution >= 0.6 is 15.9 Å². The molecular weight excluding hydrogens is 376 g/mol. The molecule has 0 amide bonds. The normalized spacial score (nSPS) is 19.2. The number of benzene rings is 2. The fourth-order valence-corrected chi connectivity index (χ4v) is 4.96. The van der Waals surface area contributed by atoms with Crippen LogP contribution in [0.25, 0.3) is 0 Å². The number of halogens is 1. The lowest BCUT2D eigenvalue weighted by Gasteiger charge is -2.22. The molecule has 0 aliphatic carbocycles. The number of nitrogens with two attached hydrogens (primary N) is 1. The molecule has 1 heterocycles. The van der Waals surface area contributed by atoms with Crippen molar-refractivity contribution in [3.8, 4) is 0 Å². The van der Waals surface area contributed by atoms with Gasteiger partial charge in [0.15, 0.2) is 0 Å². The second-order valence-corrected chi connectivity index (χ2v) is 8.63. The summed E-state index contributed by atoms with van der Waals surface area (Å²) in [6, 6.07) is 12.5. The van der Waals surface area contributed by atoms with Gasteiger partial charge in [0.25, 0.3) is 0 Å². The van der Waals surface area contributed by atoms with Gasteiger partial charge in [-0.05, 0) is 42.7 Å². The van der Waals surface area contributed by atoms with Crippen molar-refractivity contribution in [2.45, 2.75) is 24.3 Å². The molecule has 0 saturated heterocycles. The average molecular weight is 395 g/mol. The Hall–Kier alpha value is -1.21. The highest BCUT2D eigenvalue weighted by atomic mass is 79.9. The van der Waals surface area contributed by atoms with Gasteiger partial charge < -0.3 is 5.73 Å². The topological polar surface area (TPSA) is 63.4 Å². The SMILES string of the molecule is Cc1ccc(S(=O)(=O)N2CCc3c(Br)cccc3C(N)C2)cc1. The van der Waals surface area contributed by atoms with E-state index in [4.69, 9.17) is 5.73 Å². The zero-order valence-corrected chi connectivity index (χ0v) is 15.3. The molecule has 2 aromatic carbocycles. The van der Waals surface area contributed by atoms with Gasteiger partial charge >= 0.3 is 0 Å². The summed E-state index contributed by atoms with van der Waals surface area (Å²) in [4.78, 5) is 0.320. The Morgan fingerprint density at radius 1 is 1.17 bits per heavy atom. The van der Waals surface area contributed by atoms with Crippen LogP contribution < -0.4 is 5.73 Å². The van der Waals surface area contributed by atoms with E-state index in [9.17, 15) is 8.42 Å². The molecule has 2 N–H and O–H groups in total. The predicted molar refractivity (Wildman–Crippen MR) is 94.7 cm³/mol. The van der Waals surface area contributed by atoms with Crippen molar-refractivity contribution in [2.24, 2.45) is 5.73 Å². The Balaban J connectivity index is 1.94. The number of nitrogens with zero attached hydrogens (tertiary/aromatic N) is 1. The lowest BCUT2D eigenvalue weighted by Crippen LogP contribution is -2.36. The Morgan fingerprint density at radius 3 is 2.57 bits per heavy atom. The van der Waals surface area contributed by atoms with E-state index in [-0.39, 0.29) is 6.04 Å². The van der Waals surface area contributed by atoms with Gasteiger partial charge in [0.05, 0.1) is 4.90 Å². The molecule has 6 heteroatoms. The van der Waals surface area contributed by atoms with Crippen LogP contribution in [0.2, 0.25) is 0 Å². The summed E-state index contributed by atoms with van der Waals surface area (Å²) < 4.78 is 28.3. The number of aryl methyl sites for hydroxylation is 1. The smallest absolute Gasteiger partial charge is 0.243 e. The second-order valence-electron chi connectivity index (χ2n) is 5.84. The Bertz CT molecular complexity index is 819. The van der Waals surface area contributed by atoms with Gasteiger partial charge in [0.1, 0.15) is 0 Å². The molecule has 0 aromatic heterocycles. The highest BCUT2D eigenvalue weighted by molar-refractivity contribution is 9.10. The van der Waals surface area contributed by atoms with Gasteiger partial charge in [0, 0.05) is 23.6 Å². The van der Waals surface area contributed by atoms with E-state index < -0.39 is 10.0 Å². The number of hydrogen-bond donors (Lipinski definition) is 1. The molecule has 0 bridgehead atoms. The van der Waals surface area contributed by atoms with Crippen molar-refractivity contribution in [1.29, 1.82) is 0 Å². The molecule has 0 saturated carbocycles. The monoisotopic (exact) mass is 394 g/mol. The third kappa shape index (κ3) is 3.21. The van der Waals surface area contributed by atoms with Gasteiger partial charge in [-0.15, -0.1) is 0 Å². The highest BCUT2D eigenvalue weighted by Crippen LogP contribution is 2.30. The molecule has 23 heavy (non-hydrogen) atoms. The molecule has 1 aliphatic rings. The quantitative estimate of drug-likeness (QED) is 0.851. The minimum Gasteiger partial charge on any atom is -0.323 e. The lowest BCUT2D eigenvalue weighted by molar-refractivity contribution is 0.401. The Morgan fingerprint density at radius 2 is 1.87 bits per heavy atom. The zero-order valence-electron chi connectivity index (χ0n) is 12.9. The Labute approximate surface area is 145 Å². The van der Waals surface area contributed by atoms with Crippen molar-refractivity contribution in [1.82, 2.24) is 4.31 Å². The molecule has 1 aliphatic heterocycles. The third-order valence-corrected chi connectivity index (χ3v) is 6.85. The first-order valence-corrected chi connectivity index (χ1v) is 9.72. The minimum absolute atomic E-state index is 0.291. The number of rotatable bonds is 2. The molecule has 0 spiro atoms. The van der Waals surface area contributed by atoms with Gasteiger partial charge in [-0.2, -0.15) is 4.31 Å². The Kier molecular flexibility index (Phi) is 4.60. The van der Waals surface area contributed by atoms with Crippen LogP contribution in [0.1, 0.15) is 22.7 Å². The van der Waals surface area contributed by atoms with Crippen LogP contribution in [0, 0.1) is 6.92 Å². The van der Waals surface area contributed by atoms with Crippen molar-refractivity contribution < 1.29 is 8.42 Å². The minimum atomic E-state index is -3.53. The fraction of sp³-hybridized carbons (Fsp3) is 0.294. The van der Waals surface area contributed by atoms with Crippen LogP contribution in [-0.2, 0) is 16.4 Å². The molecule has 2 aromatic rings. The van der Waals surface area contributed by atoms with Crippen molar-refractivity contribution in [2.75, 3.05) is 13.1 Å². The zero-order chi connectivity index (χ0) is 16.6. The van der Waals surface area contributed by atoms with E-state index in [2.05, 4.69) is 15.9 Å². The van der Waals surface area contributed by atoms with Crippen LogP contribution in [0.4, 0.5) is 0 Å². The first-order valence-electron chi connectivity index (χ1n) is 7.49. The largest absolute Gasteiger partial charge is 0.323 e. The number of sulfonamides is 1. The van der Waals surface area contributed by atoms with Gasteiger partial charge in [-0.1, -0.05) is 45.8 Å². The van der Waals surface area contributed by atoms with Gasteiger partial charge in [0.2, 0.25) is 10.0 Å². The van der Waals surface area contributed by atoms with E-state index in [0.29, 0.717) is 24.4 Å². The molecular formula is C17H19BrN2O2S. The molecule has 1 unspecified atom stereocenters. The van der Waals surface area contributed by atoms with Gasteiger partial charge in [-0.25, -0.2) is 8.42 Å². The van der Waals surface area contributed by atoms with Gasteiger partial charge in [-0.3, -0.25) is 0 Å². The van der Waals surface area contributed by atoms with E-state index in [0.717, 1.165) is 21.2 Å². The summed E-state index contributed by atoms with van der Waals surface area (Å²) in [6.45, 7) is 2.66. The summed E-state index contributed by atoms with van der Waals surface area (Å²) in [6.07, 6.45) is 0.648. The summed E-state index contributed by atoms with van der Waals surface area (Å²) >= 11 is 3.54. The summed E-state index contributed by atoms with van der Waals surface area (Å²) in [5.41, 5.74) is 9.43. The molecule has 3 rings (SSSR count). The summed E-state index contributed by atoms with van der Waals surface area (Å²) in [5, 5.41) is 0. The van der Waals surface area contributed by atoms with Crippen molar-refractivity contribution in [3.05, 3.63) is 63.6 Å². The summed E-state index contributed by atoms with van der Waals surface area (Å²) in [7, 11) is -3.53. The first-order chi connectivity index (χ1) is 10.9. The van der Waals surface area contributed by atoms with Crippen LogP contribution in [0.3, 0.4) is 0 Å². The van der Waals surface area contributed by atoms with E-state index in [1.165, 1.54) is 4.31 Å². The molecule has 122 valence electrons. The van der Waals surface area contributed by atoms with Crippen LogP contribution in [-0.4, -0.2) is 25.8 Å². The number of hydrogen-bond acceptors (Lipinski definition) is 3. The standard InChI is InChI=1S/C17H19BrN2O2S/c1-12-5-7-13(8-6-12)23(21,22)20-10-9-14-15(17(19)11-20)3-2-4-16(14)18/h2-8,17H,9-11,19H2,1H3. The molecule has 0 fully saturated rings. The van der Waals surface area contributed by atoms with Crippen LogP contribution in [0.5, 0.6) is 0 Å². The second kappa shape index (κ2) is 6.36. The maximum Gasteiger partial charge on any atom is 0.243 e. The molecule has 0 radical (unpaired) electrons. The third-order valence-electron chi connectivity index (χ3n) is 4.22. The molecule has 1 atom stereocenters. The maximum absolute atomic E-state index is 12.9. The summed E-state index contributed by atoms with van der Waals surface area (Å²) in [5.74, 6) is 0.